The first-order chi connectivity index (χ1) is 9.26. The van der Waals surface area contributed by atoms with E-state index in [9.17, 15) is 14.4 Å². The molecule has 1 aliphatic rings. The van der Waals surface area contributed by atoms with Crippen LogP contribution in [-0.2, 0) is 19.1 Å². The molecular formula is C15H25NO5. The number of carbonyl (C=O) groups is 3. The Balaban J connectivity index is 3.02. The Kier molecular flexibility index (Phi) is 4.42. The fourth-order valence-corrected chi connectivity index (χ4v) is 2.04. The van der Waals surface area contributed by atoms with Crippen molar-refractivity contribution >= 4 is 18.0 Å². The van der Waals surface area contributed by atoms with Crippen molar-refractivity contribution in [3.8, 4) is 0 Å². The summed E-state index contributed by atoms with van der Waals surface area (Å²) in [5.41, 5.74) is -2.74. The fourth-order valence-electron chi connectivity index (χ4n) is 2.04. The van der Waals surface area contributed by atoms with E-state index in [4.69, 9.17) is 9.47 Å². The number of ether oxygens (including phenoxy) is 2. The molecule has 1 aliphatic heterocycles. The monoisotopic (exact) mass is 299 g/mol. The van der Waals surface area contributed by atoms with Gasteiger partial charge in [0.1, 0.15) is 16.7 Å². The van der Waals surface area contributed by atoms with Crippen LogP contribution in [0.5, 0.6) is 0 Å². The topological polar surface area (TPSA) is 72.9 Å². The summed E-state index contributed by atoms with van der Waals surface area (Å²) in [6.45, 7) is 11.9. The van der Waals surface area contributed by atoms with Crippen LogP contribution in [-0.4, -0.2) is 39.6 Å². The van der Waals surface area contributed by atoms with Gasteiger partial charge in [-0.2, -0.15) is 0 Å². The van der Waals surface area contributed by atoms with E-state index in [1.54, 1.807) is 41.5 Å². The highest BCUT2D eigenvalue weighted by atomic mass is 16.6. The van der Waals surface area contributed by atoms with Gasteiger partial charge in [-0.3, -0.25) is 4.79 Å². The van der Waals surface area contributed by atoms with Gasteiger partial charge in [-0.15, -0.1) is 0 Å². The molecule has 1 heterocycles. The summed E-state index contributed by atoms with van der Waals surface area (Å²) in [6.07, 6.45) is -0.451. The molecule has 0 spiro atoms. The van der Waals surface area contributed by atoms with Crippen LogP contribution in [0.15, 0.2) is 0 Å². The van der Waals surface area contributed by atoms with Gasteiger partial charge in [-0.05, 0) is 54.9 Å². The van der Waals surface area contributed by atoms with Gasteiger partial charge >= 0.3 is 12.1 Å². The number of nitrogens with zero attached hydrogens (tertiary/aromatic N) is 1. The molecule has 2 amide bonds. The van der Waals surface area contributed by atoms with Crippen LogP contribution in [0.25, 0.3) is 0 Å². The van der Waals surface area contributed by atoms with Gasteiger partial charge in [0, 0.05) is 6.42 Å². The minimum absolute atomic E-state index is 0.120. The first kappa shape index (κ1) is 17.5. The minimum Gasteiger partial charge on any atom is -0.458 e. The van der Waals surface area contributed by atoms with Crippen LogP contribution in [0.4, 0.5) is 4.79 Å². The first-order valence-electron chi connectivity index (χ1n) is 7.06. The Hall–Kier alpha value is -1.59. The van der Waals surface area contributed by atoms with Crippen LogP contribution in [0.2, 0.25) is 0 Å². The van der Waals surface area contributed by atoms with E-state index >= 15 is 0 Å². The number of hydrogen-bond donors (Lipinski definition) is 0. The Bertz CT molecular complexity index is 458. The number of carbonyl (C=O) groups excluding carboxylic acids is 3. The Morgan fingerprint density at radius 1 is 1.05 bits per heavy atom. The summed E-state index contributed by atoms with van der Waals surface area (Å²) in [7, 11) is 0. The van der Waals surface area contributed by atoms with E-state index in [0.29, 0.717) is 0 Å². The molecule has 1 rings (SSSR count). The summed E-state index contributed by atoms with van der Waals surface area (Å²) >= 11 is 0. The Labute approximate surface area is 125 Å². The van der Waals surface area contributed by atoms with Crippen molar-refractivity contribution in [2.75, 3.05) is 0 Å². The van der Waals surface area contributed by atoms with Crippen LogP contribution in [0.3, 0.4) is 0 Å². The van der Waals surface area contributed by atoms with Crippen LogP contribution in [0, 0.1) is 0 Å². The maximum Gasteiger partial charge on any atom is 0.418 e. The zero-order chi connectivity index (χ0) is 16.6. The van der Waals surface area contributed by atoms with E-state index in [0.717, 1.165) is 4.90 Å². The predicted octanol–water partition coefficient (Wildman–Crippen LogP) is 2.64. The lowest BCUT2D eigenvalue weighted by molar-refractivity contribution is -0.168. The normalized spacial score (nSPS) is 23.2. The molecule has 0 aromatic rings. The third-order valence-electron chi connectivity index (χ3n) is 2.98. The number of hydrogen-bond acceptors (Lipinski definition) is 5. The number of esters is 1. The quantitative estimate of drug-likeness (QED) is 0.696. The van der Waals surface area contributed by atoms with Crippen molar-refractivity contribution in [3.63, 3.8) is 0 Å². The molecule has 21 heavy (non-hydrogen) atoms. The molecule has 0 radical (unpaired) electrons. The maximum absolute atomic E-state index is 12.4. The van der Waals surface area contributed by atoms with Crippen molar-refractivity contribution < 1.29 is 23.9 Å². The van der Waals surface area contributed by atoms with E-state index < -0.39 is 34.7 Å². The summed E-state index contributed by atoms with van der Waals surface area (Å²) in [5, 5.41) is 0. The third-order valence-corrected chi connectivity index (χ3v) is 2.98. The molecule has 6 heteroatoms. The van der Waals surface area contributed by atoms with Gasteiger partial charge < -0.3 is 9.47 Å². The predicted molar refractivity (Wildman–Crippen MR) is 76.6 cm³/mol. The van der Waals surface area contributed by atoms with Crippen LogP contribution >= 0.6 is 0 Å². The number of amides is 2. The fraction of sp³-hybridized carbons (Fsp3) is 0.800. The molecule has 1 unspecified atom stereocenters. The molecule has 0 N–H and O–H groups in total. The lowest BCUT2D eigenvalue weighted by Gasteiger charge is -2.34. The molecule has 0 aliphatic carbocycles. The van der Waals surface area contributed by atoms with Gasteiger partial charge in [0.2, 0.25) is 5.91 Å². The van der Waals surface area contributed by atoms with Crippen molar-refractivity contribution in [1.82, 2.24) is 4.90 Å². The van der Waals surface area contributed by atoms with E-state index in [-0.39, 0.29) is 12.8 Å². The molecule has 120 valence electrons. The molecule has 6 nitrogen and oxygen atoms in total. The second-order valence-electron chi connectivity index (χ2n) is 7.49. The van der Waals surface area contributed by atoms with E-state index in [2.05, 4.69) is 0 Å². The second-order valence-corrected chi connectivity index (χ2v) is 7.49. The van der Waals surface area contributed by atoms with Crippen LogP contribution < -0.4 is 0 Å². The lowest BCUT2D eigenvalue weighted by Crippen LogP contribution is -2.55. The zero-order valence-corrected chi connectivity index (χ0v) is 13.9. The van der Waals surface area contributed by atoms with Gasteiger partial charge in [0.05, 0.1) is 0 Å². The average molecular weight is 299 g/mol. The maximum atomic E-state index is 12.4. The van der Waals surface area contributed by atoms with Crippen molar-refractivity contribution in [2.45, 2.75) is 78.0 Å². The highest BCUT2D eigenvalue weighted by Gasteiger charge is 2.53. The number of likely N-dealkylation sites (tertiary alicyclic amines) is 1. The largest absolute Gasteiger partial charge is 0.458 e. The SMILES string of the molecule is CC(C)(C)OC(=O)N1C(=O)CCC1(C)C(=O)OC(C)(C)C. The molecular weight excluding hydrogens is 274 g/mol. The van der Waals surface area contributed by atoms with Gasteiger partial charge in [0.15, 0.2) is 0 Å². The molecule has 0 bridgehead atoms. The minimum atomic E-state index is -1.31. The summed E-state index contributed by atoms with van der Waals surface area (Å²) in [4.78, 5) is 37.5. The standard InChI is InChI=1S/C15H25NO5/c1-13(2,3)20-11(18)15(7)9-8-10(17)16(15)12(19)21-14(4,5)6/h8-9H2,1-7H3. The third kappa shape index (κ3) is 4.19. The molecule has 1 fully saturated rings. The Morgan fingerprint density at radius 2 is 1.52 bits per heavy atom. The number of rotatable bonds is 1. The zero-order valence-electron chi connectivity index (χ0n) is 13.9. The molecule has 0 aromatic heterocycles. The van der Waals surface area contributed by atoms with Crippen molar-refractivity contribution in [3.05, 3.63) is 0 Å². The van der Waals surface area contributed by atoms with Gasteiger partial charge in [0.25, 0.3) is 0 Å². The smallest absolute Gasteiger partial charge is 0.418 e. The molecule has 0 saturated carbocycles. The molecule has 1 atom stereocenters. The van der Waals surface area contributed by atoms with Gasteiger partial charge in [-0.25, -0.2) is 14.5 Å². The van der Waals surface area contributed by atoms with Crippen LogP contribution in [0.1, 0.15) is 61.3 Å². The lowest BCUT2D eigenvalue weighted by atomic mass is 9.99. The Morgan fingerprint density at radius 3 is 1.95 bits per heavy atom. The molecule has 0 aromatic carbocycles. The van der Waals surface area contributed by atoms with Crippen molar-refractivity contribution in [1.29, 1.82) is 0 Å². The van der Waals surface area contributed by atoms with E-state index in [1.807, 2.05) is 0 Å². The summed E-state index contributed by atoms with van der Waals surface area (Å²) < 4.78 is 10.6. The summed E-state index contributed by atoms with van der Waals surface area (Å²) in [6, 6.07) is 0. The highest BCUT2D eigenvalue weighted by Crippen LogP contribution is 2.34. The average Bonchev–Trinajstić information content (AvgIpc) is 2.51. The van der Waals surface area contributed by atoms with Crippen molar-refractivity contribution in [2.24, 2.45) is 0 Å². The van der Waals surface area contributed by atoms with Gasteiger partial charge in [-0.1, -0.05) is 0 Å². The highest BCUT2D eigenvalue weighted by molar-refractivity contribution is 6.01. The molecule has 1 saturated heterocycles. The first-order valence-corrected chi connectivity index (χ1v) is 7.06. The second kappa shape index (κ2) is 5.31. The number of imide groups is 1. The summed E-state index contributed by atoms with van der Waals surface area (Å²) in [5.74, 6) is -1.01. The van der Waals surface area contributed by atoms with E-state index in [1.165, 1.54) is 6.92 Å².